The van der Waals surface area contributed by atoms with Crippen LogP contribution < -0.4 is 0 Å². The molecule has 100 valence electrons. The van der Waals surface area contributed by atoms with E-state index in [4.69, 9.17) is 4.52 Å². The summed E-state index contributed by atoms with van der Waals surface area (Å²) in [4.78, 5) is 23.9. The zero-order valence-electron chi connectivity index (χ0n) is 11.5. The molecule has 0 aromatic rings. The molecule has 0 bridgehead atoms. The van der Waals surface area contributed by atoms with Crippen LogP contribution in [0.15, 0.2) is 0 Å². The molecular weight excluding hydrogens is 243 g/mol. The van der Waals surface area contributed by atoms with Crippen molar-refractivity contribution in [1.82, 2.24) is 0 Å². The maximum Gasteiger partial charge on any atom is 0.318 e. The van der Waals surface area contributed by atoms with Crippen LogP contribution in [0, 0.1) is 5.41 Å². The second-order valence-corrected chi connectivity index (χ2v) is 8.21. The van der Waals surface area contributed by atoms with Gasteiger partial charge in [0.2, 0.25) is 7.37 Å². The van der Waals surface area contributed by atoms with Gasteiger partial charge in [-0.25, -0.2) is 0 Å². The number of carbonyl (C=O) groups excluding carboxylic acids is 2. The van der Waals surface area contributed by atoms with Crippen LogP contribution in [0.25, 0.3) is 0 Å². The van der Waals surface area contributed by atoms with Crippen LogP contribution in [-0.2, 0) is 23.4 Å². The Labute approximate surface area is 102 Å². The van der Waals surface area contributed by atoms with Crippen molar-refractivity contribution in [2.75, 3.05) is 20.9 Å². The van der Waals surface area contributed by atoms with Gasteiger partial charge in [-0.15, -0.1) is 0 Å². The molecule has 0 rings (SSSR count). The summed E-state index contributed by atoms with van der Waals surface area (Å²) in [6.45, 7) is 7.34. The molecule has 17 heavy (non-hydrogen) atoms. The maximum absolute atomic E-state index is 12.3. The first-order valence-electron chi connectivity index (χ1n) is 5.21. The lowest BCUT2D eigenvalue weighted by Crippen LogP contribution is -2.46. The number of hydrogen-bond donors (Lipinski definition) is 0. The fraction of sp³-hybridized carbons (Fsp3) is 0.818. The largest absolute Gasteiger partial charge is 0.468 e. The van der Waals surface area contributed by atoms with Gasteiger partial charge >= 0.3 is 5.97 Å². The third kappa shape index (κ3) is 2.78. The van der Waals surface area contributed by atoms with Crippen LogP contribution in [-0.4, -0.2) is 37.8 Å². The smallest absolute Gasteiger partial charge is 0.318 e. The highest BCUT2D eigenvalue weighted by molar-refractivity contribution is 7.61. The molecule has 0 saturated carbocycles. The molecule has 0 radical (unpaired) electrons. The summed E-state index contributed by atoms with van der Waals surface area (Å²) in [5.41, 5.74) is -1.34. The second-order valence-electron chi connectivity index (χ2n) is 5.03. The molecule has 0 aliphatic heterocycles. The number of methoxy groups -OCH3 is 1. The molecule has 1 atom stereocenters. The van der Waals surface area contributed by atoms with E-state index in [-0.39, 0.29) is 0 Å². The Bertz CT molecular complexity index is 370. The predicted molar refractivity (Wildman–Crippen MR) is 65.4 cm³/mol. The fourth-order valence-corrected chi connectivity index (χ4v) is 2.63. The SMILES string of the molecule is COC(=O)C(C)(C)C(=O)C(C)(C)P(C)(=O)OC. The van der Waals surface area contributed by atoms with Gasteiger partial charge in [0.15, 0.2) is 5.78 Å². The number of carbonyl (C=O) groups is 2. The Morgan fingerprint density at radius 3 is 1.76 bits per heavy atom. The molecule has 0 heterocycles. The van der Waals surface area contributed by atoms with Gasteiger partial charge < -0.3 is 9.26 Å². The lowest BCUT2D eigenvalue weighted by Gasteiger charge is -2.34. The van der Waals surface area contributed by atoms with Gasteiger partial charge in [-0.2, -0.15) is 0 Å². The van der Waals surface area contributed by atoms with Crippen molar-refractivity contribution in [2.24, 2.45) is 5.41 Å². The molecule has 0 amide bonds. The Morgan fingerprint density at radius 1 is 1.06 bits per heavy atom. The van der Waals surface area contributed by atoms with E-state index in [0.717, 1.165) is 0 Å². The summed E-state index contributed by atoms with van der Waals surface area (Å²) in [6.07, 6.45) is 0. The quantitative estimate of drug-likeness (QED) is 0.432. The average Bonchev–Trinajstić information content (AvgIpc) is 2.26. The van der Waals surface area contributed by atoms with Gasteiger partial charge in [0.1, 0.15) is 10.6 Å². The zero-order chi connectivity index (χ0) is 14.1. The summed E-state index contributed by atoms with van der Waals surface area (Å²) < 4.78 is 21.7. The van der Waals surface area contributed by atoms with Gasteiger partial charge in [-0.1, -0.05) is 0 Å². The first-order chi connectivity index (χ1) is 7.45. The predicted octanol–water partition coefficient (Wildman–Crippen LogP) is 2.09. The highest BCUT2D eigenvalue weighted by atomic mass is 31.2. The van der Waals surface area contributed by atoms with E-state index < -0.39 is 29.7 Å². The van der Waals surface area contributed by atoms with Crippen LogP contribution in [0.2, 0.25) is 0 Å². The van der Waals surface area contributed by atoms with E-state index in [1.807, 2.05) is 0 Å². The van der Waals surface area contributed by atoms with Gasteiger partial charge in [0.05, 0.1) is 7.11 Å². The Hall–Kier alpha value is -0.670. The molecular formula is C11H21O5P. The van der Waals surface area contributed by atoms with Crippen molar-refractivity contribution >= 4 is 19.1 Å². The number of ketones is 1. The van der Waals surface area contributed by atoms with Crippen molar-refractivity contribution in [2.45, 2.75) is 32.9 Å². The molecule has 0 aromatic carbocycles. The van der Waals surface area contributed by atoms with Crippen LogP contribution in [0.5, 0.6) is 0 Å². The number of ether oxygens (including phenoxy) is 1. The van der Waals surface area contributed by atoms with Crippen molar-refractivity contribution in [3.63, 3.8) is 0 Å². The molecule has 0 aliphatic rings. The van der Waals surface area contributed by atoms with Crippen LogP contribution >= 0.6 is 7.37 Å². The maximum atomic E-state index is 12.3. The third-order valence-electron chi connectivity index (χ3n) is 3.18. The zero-order valence-corrected chi connectivity index (χ0v) is 12.4. The lowest BCUT2D eigenvalue weighted by molar-refractivity contribution is -0.156. The summed E-state index contributed by atoms with van der Waals surface area (Å²) in [5, 5.41) is -1.24. The highest BCUT2D eigenvalue weighted by Crippen LogP contribution is 2.57. The number of Topliss-reactive ketones (excluding diaryl/α,β-unsaturated/α-hetero) is 1. The minimum atomic E-state index is -3.14. The molecule has 5 nitrogen and oxygen atoms in total. The van der Waals surface area contributed by atoms with Crippen molar-refractivity contribution in [1.29, 1.82) is 0 Å². The molecule has 0 aromatic heterocycles. The first kappa shape index (κ1) is 16.3. The van der Waals surface area contributed by atoms with E-state index in [1.165, 1.54) is 48.6 Å². The van der Waals surface area contributed by atoms with Gasteiger partial charge in [-0.3, -0.25) is 14.2 Å². The minimum absolute atomic E-state index is 0.454. The fourth-order valence-electron chi connectivity index (χ4n) is 1.53. The molecule has 0 saturated heterocycles. The standard InChI is InChI=1S/C11H21O5P/c1-10(2,9(13)15-5)8(12)11(3,4)17(7,14)16-6/h1-7H3. The highest BCUT2D eigenvalue weighted by Gasteiger charge is 2.52. The van der Waals surface area contributed by atoms with E-state index >= 15 is 0 Å². The van der Waals surface area contributed by atoms with E-state index in [1.54, 1.807) is 0 Å². The Balaban J connectivity index is 5.46. The summed E-state index contributed by atoms with van der Waals surface area (Å²) in [5.74, 6) is -1.10. The number of esters is 1. The molecule has 0 spiro atoms. The normalized spacial score (nSPS) is 16.2. The van der Waals surface area contributed by atoms with E-state index in [2.05, 4.69) is 4.74 Å². The van der Waals surface area contributed by atoms with Crippen molar-refractivity contribution in [3.05, 3.63) is 0 Å². The van der Waals surface area contributed by atoms with E-state index in [9.17, 15) is 14.2 Å². The lowest BCUT2D eigenvalue weighted by atomic mass is 9.82. The minimum Gasteiger partial charge on any atom is -0.468 e. The molecule has 6 heteroatoms. The second kappa shape index (κ2) is 4.91. The topological polar surface area (TPSA) is 69.7 Å². The monoisotopic (exact) mass is 264 g/mol. The molecule has 0 N–H and O–H groups in total. The van der Waals surface area contributed by atoms with Gasteiger partial charge in [0.25, 0.3) is 0 Å². The molecule has 0 fully saturated rings. The van der Waals surface area contributed by atoms with Crippen molar-refractivity contribution in [3.8, 4) is 0 Å². The molecule has 0 aliphatic carbocycles. The molecule has 1 unspecified atom stereocenters. The Kier molecular flexibility index (Phi) is 4.71. The average molecular weight is 264 g/mol. The Morgan fingerprint density at radius 2 is 1.47 bits per heavy atom. The summed E-state index contributed by atoms with van der Waals surface area (Å²) in [7, 11) is -0.629. The summed E-state index contributed by atoms with van der Waals surface area (Å²) >= 11 is 0. The van der Waals surface area contributed by atoms with Gasteiger partial charge in [-0.05, 0) is 27.7 Å². The van der Waals surface area contributed by atoms with Gasteiger partial charge in [0, 0.05) is 13.8 Å². The van der Waals surface area contributed by atoms with Crippen LogP contribution in [0.3, 0.4) is 0 Å². The first-order valence-corrected chi connectivity index (χ1v) is 7.29. The number of rotatable bonds is 5. The van der Waals surface area contributed by atoms with Crippen LogP contribution in [0.4, 0.5) is 0 Å². The van der Waals surface area contributed by atoms with Crippen LogP contribution in [0.1, 0.15) is 27.7 Å². The number of hydrogen-bond acceptors (Lipinski definition) is 5. The third-order valence-corrected chi connectivity index (χ3v) is 6.11. The summed E-state index contributed by atoms with van der Waals surface area (Å²) in [6, 6.07) is 0. The van der Waals surface area contributed by atoms with Crippen molar-refractivity contribution < 1.29 is 23.4 Å². The van der Waals surface area contributed by atoms with E-state index in [0.29, 0.717) is 0 Å².